The van der Waals surface area contributed by atoms with Gasteiger partial charge in [-0.3, -0.25) is 14.5 Å². The summed E-state index contributed by atoms with van der Waals surface area (Å²) < 4.78 is 0. The molecule has 2 aromatic rings. The van der Waals surface area contributed by atoms with Crippen LogP contribution in [0.2, 0.25) is 10.0 Å². The fourth-order valence-corrected chi connectivity index (χ4v) is 3.68. The van der Waals surface area contributed by atoms with Crippen molar-refractivity contribution in [2.75, 3.05) is 6.54 Å². The molecule has 0 bridgehead atoms. The summed E-state index contributed by atoms with van der Waals surface area (Å²) in [6.07, 6.45) is 0.863. The minimum Gasteiger partial charge on any atom is -0.319 e. The Bertz CT molecular complexity index is 927. The van der Waals surface area contributed by atoms with Crippen LogP contribution in [0.15, 0.2) is 42.5 Å². The van der Waals surface area contributed by atoms with Gasteiger partial charge >= 0.3 is 6.03 Å². The van der Waals surface area contributed by atoms with E-state index >= 15 is 0 Å². The van der Waals surface area contributed by atoms with E-state index in [1.54, 1.807) is 31.2 Å². The number of amides is 3. The summed E-state index contributed by atoms with van der Waals surface area (Å²) in [5.74, 6) is -0.845. The van der Waals surface area contributed by atoms with Crippen LogP contribution in [0.1, 0.15) is 35.3 Å². The summed E-state index contributed by atoms with van der Waals surface area (Å²) in [6, 6.07) is 11.2. The maximum atomic E-state index is 12.9. The van der Waals surface area contributed by atoms with Crippen molar-refractivity contribution in [3.8, 4) is 0 Å². The van der Waals surface area contributed by atoms with Crippen molar-refractivity contribution in [1.29, 1.82) is 0 Å². The lowest BCUT2D eigenvalue weighted by Gasteiger charge is -2.23. The summed E-state index contributed by atoms with van der Waals surface area (Å²) in [5, 5.41) is 3.33. The maximum absolute atomic E-state index is 12.9. The zero-order valence-corrected chi connectivity index (χ0v) is 16.4. The lowest BCUT2D eigenvalue weighted by atomic mass is 9.92. The monoisotopic (exact) mass is 404 g/mol. The van der Waals surface area contributed by atoms with E-state index in [9.17, 15) is 14.4 Å². The van der Waals surface area contributed by atoms with Gasteiger partial charge in [-0.2, -0.15) is 0 Å². The number of carbonyl (C=O) groups excluding carboxylic acids is 3. The first kappa shape index (κ1) is 19.4. The van der Waals surface area contributed by atoms with E-state index in [0.29, 0.717) is 16.1 Å². The Balaban J connectivity index is 1.84. The highest BCUT2D eigenvalue weighted by Gasteiger charge is 2.50. The van der Waals surface area contributed by atoms with Crippen molar-refractivity contribution in [2.45, 2.75) is 25.8 Å². The van der Waals surface area contributed by atoms with Crippen molar-refractivity contribution in [2.24, 2.45) is 0 Å². The van der Waals surface area contributed by atoms with Crippen LogP contribution in [-0.4, -0.2) is 29.2 Å². The van der Waals surface area contributed by atoms with Gasteiger partial charge in [0.25, 0.3) is 5.91 Å². The number of halogens is 2. The number of hydrogen-bond donors (Lipinski definition) is 1. The number of Topliss-reactive ketones (excluding diaryl/α,β-unsaturated/α-hetero) is 1. The Morgan fingerprint density at radius 1 is 1.11 bits per heavy atom. The molecule has 1 aliphatic rings. The van der Waals surface area contributed by atoms with Gasteiger partial charge in [-0.05, 0) is 31.0 Å². The fourth-order valence-electron chi connectivity index (χ4n) is 3.08. The molecule has 1 heterocycles. The highest BCUT2D eigenvalue weighted by atomic mass is 35.5. The molecule has 1 fully saturated rings. The van der Waals surface area contributed by atoms with Gasteiger partial charge in [-0.1, -0.05) is 60.5 Å². The quantitative estimate of drug-likeness (QED) is 0.599. The van der Waals surface area contributed by atoms with Gasteiger partial charge in [-0.25, -0.2) is 4.79 Å². The zero-order chi connectivity index (χ0) is 19.8. The lowest BCUT2D eigenvalue weighted by Crippen LogP contribution is -2.41. The molecule has 1 atom stereocenters. The summed E-state index contributed by atoms with van der Waals surface area (Å²) >= 11 is 12.1. The molecule has 0 spiro atoms. The number of nitrogens with one attached hydrogen (secondary N) is 1. The topological polar surface area (TPSA) is 66.5 Å². The molecular formula is C20H18Cl2N2O3. The lowest BCUT2D eigenvalue weighted by molar-refractivity contribution is -0.130. The molecule has 0 aromatic heterocycles. The van der Waals surface area contributed by atoms with Crippen LogP contribution >= 0.6 is 23.2 Å². The Hall–Kier alpha value is -2.37. The molecule has 0 aliphatic carbocycles. The van der Waals surface area contributed by atoms with Crippen molar-refractivity contribution >= 4 is 40.9 Å². The third-order valence-electron chi connectivity index (χ3n) is 4.73. The highest BCUT2D eigenvalue weighted by Crippen LogP contribution is 2.35. The smallest absolute Gasteiger partial charge is 0.319 e. The molecule has 5 nitrogen and oxygen atoms in total. The molecular weight excluding hydrogens is 387 g/mol. The molecule has 1 N–H and O–H groups in total. The predicted molar refractivity (Wildman–Crippen MR) is 104 cm³/mol. The van der Waals surface area contributed by atoms with E-state index in [2.05, 4.69) is 5.32 Å². The zero-order valence-electron chi connectivity index (χ0n) is 14.9. The van der Waals surface area contributed by atoms with E-state index in [1.807, 2.05) is 19.1 Å². The third-order valence-corrected chi connectivity index (χ3v) is 5.28. The molecule has 0 radical (unpaired) electrons. The normalized spacial score (nSPS) is 19.3. The van der Waals surface area contributed by atoms with Crippen LogP contribution in [0, 0.1) is 0 Å². The number of rotatable bonds is 5. The molecule has 1 aliphatic heterocycles. The summed E-state index contributed by atoms with van der Waals surface area (Å²) in [6.45, 7) is 3.24. The molecule has 0 unspecified atom stereocenters. The van der Waals surface area contributed by atoms with E-state index in [-0.39, 0.29) is 17.4 Å². The van der Waals surface area contributed by atoms with Crippen molar-refractivity contribution in [3.05, 3.63) is 69.2 Å². The molecule has 1 saturated heterocycles. The molecule has 7 heteroatoms. The second-order valence-electron chi connectivity index (χ2n) is 6.54. The predicted octanol–water partition coefficient (Wildman–Crippen LogP) is 4.21. The molecule has 27 heavy (non-hydrogen) atoms. The first-order chi connectivity index (χ1) is 12.8. The van der Waals surface area contributed by atoms with E-state index in [1.165, 1.54) is 6.07 Å². The third kappa shape index (κ3) is 3.57. The van der Waals surface area contributed by atoms with Gasteiger partial charge < -0.3 is 5.32 Å². The van der Waals surface area contributed by atoms with Gasteiger partial charge in [0, 0.05) is 21.2 Å². The van der Waals surface area contributed by atoms with Crippen LogP contribution in [-0.2, 0) is 16.8 Å². The van der Waals surface area contributed by atoms with E-state index in [0.717, 1.165) is 16.9 Å². The van der Waals surface area contributed by atoms with Crippen LogP contribution < -0.4 is 5.32 Å². The number of hydrogen-bond acceptors (Lipinski definition) is 3. The van der Waals surface area contributed by atoms with Gasteiger partial charge in [0.1, 0.15) is 5.54 Å². The number of benzene rings is 2. The molecule has 140 valence electrons. The number of aryl methyl sites for hydroxylation is 1. The molecule has 0 saturated carbocycles. The first-order valence-electron chi connectivity index (χ1n) is 8.48. The van der Waals surface area contributed by atoms with Crippen LogP contribution in [0.5, 0.6) is 0 Å². The first-order valence-corrected chi connectivity index (χ1v) is 9.23. The van der Waals surface area contributed by atoms with Gasteiger partial charge in [0.15, 0.2) is 5.78 Å². The largest absolute Gasteiger partial charge is 0.325 e. The number of carbonyl (C=O) groups is 3. The van der Waals surface area contributed by atoms with Crippen LogP contribution in [0.4, 0.5) is 4.79 Å². The second-order valence-corrected chi connectivity index (χ2v) is 7.39. The average molecular weight is 405 g/mol. The van der Waals surface area contributed by atoms with Gasteiger partial charge in [-0.15, -0.1) is 0 Å². The minimum atomic E-state index is -1.36. The maximum Gasteiger partial charge on any atom is 0.325 e. The minimum absolute atomic E-state index is 0.266. The van der Waals surface area contributed by atoms with E-state index < -0.39 is 17.5 Å². The Labute approximate surface area is 167 Å². The van der Waals surface area contributed by atoms with Gasteiger partial charge in [0.05, 0.1) is 6.54 Å². The van der Waals surface area contributed by atoms with Crippen molar-refractivity contribution in [1.82, 2.24) is 10.2 Å². The molecule has 2 aromatic carbocycles. The number of imide groups is 1. The second kappa shape index (κ2) is 7.33. The fraction of sp³-hybridized carbons (Fsp3) is 0.250. The number of ketones is 1. The van der Waals surface area contributed by atoms with Crippen molar-refractivity contribution in [3.63, 3.8) is 0 Å². The Morgan fingerprint density at radius 3 is 2.37 bits per heavy atom. The van der Waals surface area contributed by atoms with Crippen molar-refractivity contribution < 1.29 is 14.4 Å². The SMILES string of the molecule is CCc1ccc(C(=O)CN2C(=O)N[C@@](C)(c3ccc(Cl)cc3Cl)C2=O)cc1. The molecule has 3 rings (SSSR count). The number of urea groups is 1. The Morgan fingerprint density at radius 2 is 1.78 bits per heavy atom. The standard InChI is InChI=1S/C20H18Cl2N2O3/c1-3-12-4-6-13(7-5-12)17(25)11-24-18(26)20(2,23-19(24)27)15-9-8-14(21)10-16(15)22/h4-10H,3,11H2,1-2H3,(H,23,27)/t20-/m0/s1. The average Bonchev–Trinajstić information content (AvgIpc) is 2.85. The highest BCUT2D eigenvalue weighted by molar-refractivity contribution is 6.35. The number of nitrogens with zero attached hydrogens (tertiary/aromatic N) is 1. The van der Waals surface area contributed by atoms with Crippen LogP contribution in [0.3, 0.4) is 0 Å². The Kier molecular flexibility index (Phi) is 5.27. The summed E-state index contributed by atoms with van der Waals surface area (Å²) in [4.78, 5) is 38.8. The van der Waals surface area contributed by atoms with Crippen LogP contribution in [0.25, 0.3) is 0 Å². The summed E-state index contributed by atoms with van der Waals surface area (Å²) in [7, 11) is 0. The molecule has 3 amide bonds. The van der Waals surface area contributed by atoms with Gasteiger partial charge in [0.2, 0.25) is 0 Å². The summed E-state index contributed by atoms with van der Waals surface area (Å²) in [5.41, 5.74) is 0.622. The van der Waals surface area contributed by atoms with E-state index in [4.69, 9.17) is 23.2 Å².